The van der Waals surface area contributed by atoms with Gasteiger partial charge in [-0.25, -0.2) is 0 Å². The second-order valence-electron chi connectivity index (χ2n) is 5.35. The summed E-state index contributed by atoms with van der Waals surface area (Å²) in [5.74, 6) is 1.57. The SMILES string of the molecule is CCOc1ccc2ccccc2c1[C@H](N)C1CCC1.Cl. The number of ether oxygens (including phenoxy) is 1. The summed E-state index contributed by atoms with van der Waals surface area (Å²) < 4.78 is 5.80. The van der Waals surface area contributed by atoms with Gasteiger partial charge in [0.2, 0.25) is 0 Å². The highest BCUT2D eigenvalue weighted by atomic mass is 35.5. The Labute approximate surface area is 126 Å². The van der Waals surface area contributed by atoms with Gasteiger partial charge in [0, 0.05) is 11.6 Å². The molecular weight excluding hydrogens is 270 g/mol. The molecule has 2 aromatic rings. The first kappa shape index (κ1) is 15.1. The standard InChI is InChI=1S/C17H21NO.ClH/c1-2-19-15-11-10-12-6-3-4-9-14(12)16(15)17(18)13-7-5-8-13;/h3-4,6,9-11,13,17H,2,5,7-8,18H2,1H3;1H/t17-;/m1./s1. The second-order valence-corrected chi connectivity index (χ2v) is 5.35. The van der Waals surface area contributed by atoms with E-state index < -0.39 is 0 Å². The molecule has 0 radical (unpaired) electrons. The molecule has 3 rings (SSSR count). The molecule has 2 aromatic carbocycles. The molecule has 2 nitrogen and oxygen atoms in total. The van der Waals surface area contributed by atoms with Gasteiger partial charge in [0.25, 0.3) is 0 Å². The molecule has 0 bridgehead atoms. The summed E-state index contributed by atoms with van der Waals surface area (Å²) in [7, 11) is 0. The number of fused-ring (bicyclic) bond motifs is 1. The Hall–Kier alpha value is -1.25. The predicted octanol–water partition coefficient (Wildman–Crippen LogP) is 4.46. The summed E-state index contributed by atoms with van der Waals surface area (Å²) in [6, 6.07) is 12.7. The van der Waals surface area contributed by atoms with Crippen molar-refractivity contribution in [3.63, 3.8) is 0 Å². The molecule has 0 heterocycles. The average molecular weight is 292 g/mol. The van der Waals surface area contributed by atoms with E-state index in [1.165, 1.54) is 35.6 Å². The summed E-state index contributed by atoms with van der Waals surface area (Å²) in [6.45, 7) is 2.70. The van der Waals surface area contributed by atoms with Crippen LogP contribution in [0.5, 0.6) is 5.75 Å². The predicted molar refractivity (Wildman–Crippen MR) is 86.6 cm³/mol. The smallest absolute Gasteiger partial charge is 0.124 e. The van der Waals surface area contributed by atoms with E-state index in [1.54, 1.807) is 0 Å². The van der Waals surface area contributed by atoms with E-state index in [-0.39, 0.29) is 18.4 Å². The van der Waals surface area contributed by atoms with Crippen molar-refractivity contribution in [2.24, 2.45) is 11.7 Å². The van der Waals surface area contributed by atoms with Crippen LogP contribution in [0.2, 0.25) is 0 Å². The van der Waals surface area contributed by atoms with E-state index in [0.717, 1.165) is 5.75 Å². The Morgan fingerprint density at radius 3 is 2.60 bits per heavy atom. The summed E-state index contributed by atoms with van der Waals surface area (Å²) in [6.07, 6.45) is 3.80. The number of benzene rings is 2. The molecule has 0 saturated heterocycles. The van der Waals surface area contributed by atoms with Gasteiger partial charge >= 0.3 is 0 Å². The third-order valence-corrected chi connectivity index (χ3v) is 4.22. The molecule has 1 saturated carbocycles. The van der Waals surface area contributed by atoms with Crippen LogP contribution in [0.15, 0.2) is 36.4 Å². The quantitative estimate of drug-likeness (QED) is 0.902. The fourth-order valence-corrected chi connectivity index (χ4v) is 2.94. The highest BCUT2D eigenvalue weighted by Gasteiger charge is 2.28. The Morgan fingerprint density at radius 2 is 1.95 bits per heavy atom. The fraction of sp³-hybridized carbons (Fsp3) is 0.412. The largest absolute Gasteiger partial charge is 0.494 e. The van der Waals surface area contributed by atoms with E-state index >= 15 is 0 Å². The molecule has 0 spiro atoms. The number of hydrogen-bond acceptors (Lipinski definition) is 2. The third-order valence-electron chi connectivity index (χ3n) is 4.22. The average Bonchev–Trinajstić information content (AvgIpc) is 2.36. The van der Waals surface area contributed by atoms with Crippen LogP contribution in [0.4, 0.5) is 0 Å². The van der Waals surface area contributed by atoms with Gasteiger partial charge in [0.05, 0.1) is 6.61 Å². The maximum atomic E-state index is 6.52. The van der Waals surface area contributed by atoms with Crippen molar-refractivity contribution in [3.05, 3.63) is 42.0 Å². The van der Waals surface area contributed by atoms with Crippen LogP contribution in [-0.4, -0.2) is 6.61 Å². The summed E-state index contributed by atoms with van der Waals surface area (Å²) in [5.41, 5.74) is 7.72. The minimum atomic E-state index is 0. The first-order valence-electron chi connectivity index (χ1n) is 7.21. The van der Waals surface area contributed by atoms with Crippen LogP contribution in [0.25, 0.3) is 10.8 Å². The molecule has 0 amide bonds. The summed E-state index contributed by atoms with van der Waals surface area (Å²) >= 11 is 0. The maximum Gasteiger partial charge on any atom is 0.124 e. The number of hydrogen-bond donors (Lipinski definition) is 1. The molecule has 3 heteroatoms. The zero-order chi connectivity index (χ0) is 13.2. The Bertz CT molecular complexity index is 580. The molecule has 0 aromatic heterocycles. The van der Waals surface area contributed by atoms with Gasteiger partial charge < -0.3 is 10.5 Å². The van der Waals surface area contributed by atoms with E-state index in [9.17, 15) is 0 Å². The Morgan fingerprint density at radius 1 is 1.20 bits per heavy atom. The van der Waals surface area contributed by atoms with Crippen LogP contribution >= 0.6 is 12.4 Å². The van der Waals surface area contributed by atoms with E-state index in [4.69, 9.17) is 10.5 Å². The molecular formula is C17H22ClNO. The topological polar surface area (TPSA) is 35.2 Å². The lowest BCUT2D eigenvalue weighted by Crippen LogP contribution is -2.27. The molecule has 1 aliphatic rings. The number of halogens is 1. The minimum Gasteiger partial charge on any atom is -0.494 e. The van der Waals surface area contributed by atoms with Gasteiger partial charge in [-0.05, 0) is 42.5 Å². The fourth-order valence-electron chi connectivity index (χ4n) is 2.94. The highest BCUT2D eigenvalue weighted by molar-refractivity contribution is 5.88. The molecule has 1 aliphatic carbocycles. The van der Waals surface area contributed by atoms with Crippen LogP contribution in [0.1, 0.15) is 37.8 Å². The number of rotatable bonds is 4. The second kappa shape index (κ2) is 6.47. The molecule has 20 heavy (non-hydrogen) atoms. The van der Waals surface area contributed by atoms with Gasteiger partial charge in [0.15, 0.2) is 0 Å². The van der Waals surface area contributed by atoms with Gasteiger partial charge in [-0.15, -0.1) is 12.4 Å². The highest BCUT2D eigenvalue weighted by Crippen LogP contribution is 2.42. The lowest BCUT2D eigenvalue weighted by Gasteiger charge is -2.33. The van der Waals surface area contributed by atoms with E-state index in [2.05, 4.69) is 36.4 Å². The maximum absolute atomic E-state index is 6.52. The van der Waals surface area contributed by atoms with Gasteiger partial charge in [-0.2, -0.15) is 0 Å². The molecule has 0 aliphatic heterocycles. The minimum absolute atomic E-state index is 0. The lowest BCUT2D eigenvalue weighted by molar-refractivity contribution is 0.257. The first-order valence-corrected chi connectivity index (χ1v) is 7.21. The van der Waals surface area contributed by atoms with Crippen LogP contribution in [0.3, 0.4) is 0 Å². The molecule has 108 valence electrons. The molecule has 1 fully saturated rings. The zero-order valence-corrected chi connectivity index (χ0v) is 12.7. The van der Waals surface area contributed by atoms with E-state index in [0.29, 0.717) is 12.5 Å². The zero-order valence-electron chi connectivity index (χ0n) is 11.8. The summed E-state index contributed by atoms with van der Waals surface area (Å²) in [4.78, 5) is 0. The van der Waals surface area contributed by atoms with Crippen molar-refractivity contribution in [1.29, 1.82) is 0 Å². The van der Waals surface area contributed by atoms with Crippen molar-refractivity contribution in [1.82, 2.24) is 0 Å². The Kier molecular flexibility index (Phi) is 4.90. The lowest BCUT2D eigenvalue weighted by atomic mass is 9.76. The van der Waals surface area contributed by atoms with Crippen LogP contribution < -0.4 is 10.5 Å². The van der Waals surface area contributed by atoms with Gasteiger partial charge in [0.1, 0.15) is 5.75 Å². The van der Waals surface area contributed by atoms with Crippen molar-refractivity contribution in [2.75, 3.05) is 6.61 Å². The monoisotopic (exact) mass is 291 g/mol. The van der Waals surface area contributed by atoms with Crippen LogP contribution in [0, 0.1) is 5.92 Å². The van der Waals surface area contributed by atoms with Crippen molar-refractivity contribution < 1.29 is 4.74 Å². The van der Waals surface area contributed by atoms with Crippen LogP contribution in [-0.2, 0) is 0 Å². The van der Waals surface area contributed by atoms with Crippen molar-refractivity contribution >= 4 is 23.2 Å². The Balaban J connectivity index is 0.00000147. The van der Waals surface area contributed by atoms with E-state index in [1.807, 2.05) is 6.92 Å². The summed E-state index contributed by atoms with van der Waals surface area (Å²) in [5, 5.41) is 2.49. The number of nitrogens with two attached hydrogens (primary N) is 1. The molecule has 0 unspecified atom stereocenters. The molecule has 1 atom stereocenters. The normalized spacial score (nSPS) is 16.3. The van der Waals surface area contributed by atoms with Crippen molar-refractivity contribution in [2.45, 2.75) is 32.2 Å². The molecule has 2 N–H and O–H groups in total. The first-order chi connectivity index (χ1) is 9.31. The van der Waals surface area contributed by atoms with Crippen molar-refractivity contribution in [3.8, 4) is 5.75 Å². The third kappa shape index (κ3) is 2.63. The van der Waals surface area contributed by atoms with Gasteiger partial charge in [-0.1, -0.05) is 36.8 Å². The van der Waals surface area contributed by atoms with Gasteiger partial charge in [-0.3, -0.25) is 0 Å².